The van der Waals surface area contributed by atoms with Crippen molar-refractivity contribution in [2.75, 3.05) is 33.3 Å². The summed E-state index contributed by atoms with van der Waals surface area (Å²) in [6, 6.07) is 0. The molecule has 0 bridgehead atoms. The molecule has 1 aliphatic rings. The van der Waals surface area contributed by atoms with Crippen LogP contribution in [0.25, 0.3) is 0 Å². The van der Waals surface area contributed by atoms with Gasteiger partial charge in [-0.25, -0.2) is 0 Å². The van der Waals surface area contributed by atoms with Gasteiger partial charge < -0.3 is 10.5 Å². The lowest BCUT2D eigenvalue weighted by molar-refractivity contribution is 0.0444. The fourth-order valence-electron chi connectivity index (χ4n) is 1.65. The van der Waals surface area contributed by atoms with Gasteiger partial charge in [-0.3, -0.25) is 4.90 Å². The minimum Gasteiger partial charge on any atom is -0.381 e. The molecule has 1 rings (SSSR count). The van der Waals surface area contributed by atoms with Crippen LogP contribution in [-0.2, 0) is 4.74 Å². The molecule has 3 heteroatoms. The summed E-state index contributed by atoms with van der Waals surface area (Å²) in [5.74, 6) is 0. The fourth-order valence-corrected chi connectivity index (χ4v) is 1.65. The quantitative estimate of drug-likeness (QED) is 0.651. The van der Waals surface area contributed by atoms with Crippen molar-refractivity contribution in [1.82, 2.24) is 4.90 Å². The van der Waals surface area contributed by atoms with Crippen molar-refractivity contribution in [2.24, 2.45) is 5.73 Å². The SMILES string of the molecule is COC1CCN(CC=CCN)CC1. The highest BCUT2D eigenvalue weighted by Crippen LogP contribution is 2.12. The number of hydrogen-bond acceptors (Lipinski definition) is 3. The van der Waals surface area contributed by atoms with Gasteiger partial charge in [-0.05, 0) is 12.8 Å². The normalized spacial score (nSPS) is 21.4. The molecule has 2 N–H and O–H groups in total. The predicted octanol–water partition coefficient (Wildman–Crippen LogP) is 0.612. The van der Waals surface area contributed by atoms with Gasteiger partial charge in [0, 0.05) is 33.3 Å². The van der Waals surface area contributed by atoms with Crippen LogP contribution in [0.5, 0.6) is 0 Å². The monoisotopic (exact) mass is 184 g/mol. The molecule has 0 saturated carbocycles. The fraction of sp³-hybridized carbons (Fsp3) is 0.800. The molecule has 3 nitrogen and oxygen atoms in total. The molecule has 0 unspecified atom stereocenters. The van der Waals surface area contributed by atoms with Gasteiger partial charge in [-0.1, -0.05) is 12.2 Å². The van der Waals surface area contributed by atoms with Crippen molar-refractivity contribution < 1.29 is 4.74 Å². The van der Waals surface area contributed by atoms with E-state index in [4.69, 9.17) is 10.5 Å². The third-order valence-corrected chi connectivity index (χ3v) is 2.53. The van der Waals surface area contributed by atoms with Crippen molar-refractivity contribution in [3.8, 4) is 0 Å². The lowest BCUT2D eigenvalue weighted by Crippen LogP contribution is -2.36. The van der Waals surface area contributed by atoms with Crippen molar-refractivity contribution in [3.63, 3.8) is 0 Å². The lowest BCUT2D eigenvalue weighted by Gasteiger charge is -2.30. The van der Waals surface area contributed by atoms with Crippen LogP contribution in [-0.4, -0.2) is 44.3 Å². The van der Waals surface area contributed by atoms with Crippen LogP contribution < -0.4 is 5.73 Å². The highest BCUT2D eigenvalue weighted by Gasteiger charge is 2.16. The number of rotatable bonds is 4. The van der Waals surface area contributed by atoms with Crippen LogP contribution in [0.2, 0.25) is 0 Å². The Morgan fingerprint density at radius 3 is 2.62 bits per heavy atom. The molecule has 1 fully saturated rings. The molecular formula is C10H20N2O. The van der Waals surface area contributed by atoms with Crippen LogP contribution in [0.1, 0.15) is 12.8 Å². The maximum absolute atomic E-state index is 5.36. The molecule has 13 heavy (non-hydrogen) atoms. The van der Waals surface area contributed by atoms with E-state index in [-0.39, 0.29) is 0 Å². The number of nitrogens with two attached hydrogens (primary N) is 1. The van der Waals surface area contributed by atoms with Gasteiger partial charge in [0.25, 0.3) is 0 Å². The van der Waals surface area contributed by atoms with Crippen LogP contribution in [0.4, 0.5) is 0 Å². The minimum absolute atomic E-state index is 0.481. The van der Waals surface area contributed by atoms with Crippen LogP contribution in [0.3, 0.4) is 0 Å². The lowest BCUT2D eigenvalue weighted by atomic mass is 10.1. The molecule has 0 aromatic rings. The van der Waals surface area contributed by atoms with E-state index in [1.165, 1.54) is 0 Å². The number of hydrogen-bond donors (Lipinski definition) is 1. The van der Waals surface area contributed by atoms with Crippen molar-refractivity contribution in [1.29, 1.82) is 0 Å². The first-order valence-corrected chi connectivity index (χ1v) is 4.97. The van der Waals surface area contributed by atoms with Crippen LogP contribution in [0, 0.1) is 0 Å². The third-order valence-electron chi connectivity index (χ3n) is 2.53. The standard InChI is InChI=1S/C10H20N2O/c1-13-10-4-8-12(9-5-10)7-3-2-6-11/h2-3,10H,4-9,11H2,1H3. The molecule has 0 radical (unpaired) electrons. The molecule has 76 valence electrons. The zero-order valence-electron chi connectivity index (χ0n) is 8.41. The topological polar surface area (TPSA) is 38.5 Å². The van der Waals surface area contributed by atoms with E-state index in [1.807, 2.05) is 6.08 Å². The first-order valence-electron chi connectivity index (χ1n) is 4.97. The van der Waals surface area contributed by atoms with E-state index in [0.29, 0.717) is 12.6 Å². The second-order valence-corrected chi connectivity index (χ2v) is 3.44. The molecule has 1 aliphatic heterocycles. The minimum atomic E-state index is 0.481. The number of ether oxygens (including phenoxy) is 1. The largest absolute Gasteiger partial charge is 0.381 e. The number of methoxy groups -OCH3 is 1. The molecule has 0 aromatic carbocycles. The van der Waals surface area contributed by atoms with Gasteiger partial charge in [0.1, 0.15) is 0 Å². The molecule has 0 spiro atoms. The van der Waals surface area contributed by atoms with Gasteiger partial charge in [-0.15, -0.1) is 0 Å². The Balaban J connectivity index is 2.14. The maximum atomic E-state index is 5.36. The van der Waals surface area contributed by atoms with Crippen molar-refractivity contribution >= 4 is 0 Å². The van der Waals surface area contributed by atoms with Crippen molar-refractivity contribution in [3.05, 3.63) is 12.2 Å². The van der Waals surface area contributed by atoms with E-state index in [0.717, 1.165) is 32.5 Å². The first-order chi connectivity index (χ1) is 6.36. The van der Waals surface area contributed by atoms with E-state index in [9.17, 15) is 0 Å². The molecule has 0 aliphatic carbocycles. The van der Waals surface area contributed by atoms with Crippen LogP contribution in [0.15, 0.2) is 12.2 Å². The zero-order chi connectivity index (χ0) is 9.52. The van der Waals surface area contributed by atoms with E-state index in [1.54, 1.807) is 7.11 Å². The Kier molecular flexibility index (Phi) is 5.05. The Labute approximate surface area is 80.5 Å². The Bertz CT molecular complexity index is 151. The van der Waals surface area contributed by atoms with Crippen LogP contribution >= 0.6 is 0 Å². The summed E-state index contributed by atoms with van der Waals surface area (Å²) in [6.07, 6.45) is 6.96. The van der Waals surface area contributed by atoms with E-state index < -0.39 is 0 Å². The Morgan fingerprint density at radius 2 is 2.08 bits per heavy atom. The molecular weight excluding hydrogens is 164 g/mol. The number of nitrogens with zero attached hydrogens (tertiary/aromatic N) is 1. The van der Waals surface area contributed by atoms with Gasteiger partial charge in [0.05, 0.1) is 6.10 Å². The number of likely N-dealkylation sites (tertiary alicyclic amines) is 1. The Hall–Kier alpha value is -0.380. The second kappa shape index (κ2) is 6.13. The van der Waals surface area contributed by atoms with Gasteiger partial charge >= 0.3 is 0 Å². The summed E-state index contributed by atoms with van der Waals surface area (Å²) >= 11 is 0. The van der Waals surface area contributed by atoms with Gasteiger partial charge in [0.15, 0.2) is 0 Å². The predicted molar refractivity (Wildman–Crippen MR) is 54.7 cm³/mol. The average molecular weight is 184 g/mol. The smallest absolute Gasteiger partial charge is 0.0595 e. The summed E-state index contributed by atoms with van der Waals surface area (Å²) in [4.78, 5) is 2.43. The molecule has 0 amide bonds. The second-order valence-electron chi connectivity index (χ2n) is 3.44. The highest BCUT2D eigenvalue weighted by molar-refractivity contribution is 4.87. The number of piperidine rings is 1. The average Bonchev–Trinajstić information content (AvgIpc) is 2.19. The van der Waals surface area contributed by atoms with E-state index >= 15 is 0 Å². The maximum Gasteiger partial charge on any atom is 0.0595 e. The summed E-state index contributed by atoms with van der Waals surface area (Å²) in [6.45, 7) is 3.98. The molecule has 0 atom stereocenters. The molecule has 1 heterocycles. The van der Waals surface area contributed by atoms with E-state index in [2.05, 4.69) is 11.0 Å². The third kappa shape index (κ3) is 3.89. The zero-order valence-corrected chi connectivity index (χ0v) is 8.41. The summed E-state index contributed by atoms with van der Waals surface area (Å²) < 4.78 is 5.30. The summed E-state index contributed by atoms with van der Waals surface area (Å²) in [5, 5.41) is 0. The van der Waals surface area contributed by atoms with Crippen molar-refractivity contribution in [2.45, 2.75) is 18.9 Å². The van der Waals surface area contributed by atoms with Gasteiger partial charge in [-0.2, -0.15) is 0 Å². The van der Waals surface area contributed by atoms with Gasteiger partial charge in [0.2, 0.25) is 0 Å². The molecule has 0 aromatic heterocycles. The summed E-state index contributed by atoms with van der Waals surface area (Å²) in [5.41, 5.74) is 5.36. The Morgan fingerprint density at radius 1 is 1.38 bits per heavy atom. The molecule has 1 saturated heterocycles. The highest BCUT2D eigenvalue weighted by atomic mass is 16.5. The summed E-state index contributed by atoms with van der Waals surface area (Å²) in [7, 11) is 1.80. The first kappa shape index (κ1) is 10.7.